The summed E-state index contributed by atoms with van der Waals surface area (Å²) < 4.78 is 0. The van der Waals surface area contributed by atoms with E-state index < -0.39 is 12.1 Å². The van der Waals surface area contributed by atoms with Crippen LogP contribution in [0.1, 0.15) is 22.1 Å². The number of hydrogen-bond acceptors (Lipinski definition) is 3. The molecule has 0 fully saturated rings. The summed E-state index contributed by atoms with van der Waals surface area (Å²) in [5.41, 5.74) is 1.84. The fraction of sp³-hybridized carbons (Fsp3) is 0.0769. The average Bonchev–Trinajstić information content (AvgIpc) is 2.44. The van der Waals surface area contributed by atoms with E-state index in [1.807, 2.05) is 6.07 Å². The molecule has 1 unspecified atom stereocenters. The zero-order valence-electron chi connectivity index (χ0n) is 9.46. The second-order valence-electron chi connectivity index (χ2n) is 4.06. The normalized spacial score (nSPS) is 18.2. The maximum Gasteiger partial charge on any atom is 0.247 e. The van der Waals surface area contributed by atoms with E-state index in [1.54, 1.807) is 42.7 Å². The van der Waals surface area contributed by atoms with Crippen LogP contribution in [-0.2, 0) is 0 Å². The molecular weight excluding hydrogens is 230 g/mol. The van der Waals surface area contributed by atoms with Gasteiger partial charge in [-0.25, -0.2) is 4.98 Å². The van der Waals surface area contributed by atoms with Crippen LogP contribution in [0.2, 0.25) is 0 Å². The summed E-state index contributed by atoms with van der Waals surface area (Å²) >= 11 is 0. The second kappa shape index (κ2) is 4.12. The van der Waals surface area contributed by atoms with Gasteiger partial charge in [-0.15, -0.1) is 0 Å². The van der Waals surface area contributed by atoms with Crippen molar-refractivity contribution in [3.05, 3.63) is 65.1 Å². The van der Waals surface area contributed by atoms with Gasteiger partial charge >= 0.3 is 0 Å². The Morgan fingerprint density at radius 1 is 1.17 bits per heavy atom. The molecule has 0 aliphatic carbocycles. The van der Waals surface area contributed by atoms with Gasteiger partial charge in [-0.05, 0) is 12.1 Å². The number of hydrogen-bond donors (Lipinski definition) is 1. The maximum atomic E-state index is 12.0. The first-order valence-corrected chi connectivity index (χ1v) is 5.59. The summed E-state index contributed by atoms with van der Waals surface area (Å²) in [6.07, 6.45) is 2.76. The Balaban J connectivity index is 2.04. The molecule has 0 radical (unpaired) electrons. The third-order valence-corrected chi connectivity index (χ3v) is 2.94. The molecule has 2 N–H and O–H groups in total. The van der Waals surface area contributed by atoms with E-state index in [9.17, 15) is 10.0 Å². The van der Waals surface area contributed by atoms with Crippen LogP contribution in [0.25, 0.3) is 0 Å². The molecule has 2 aromatic rings. The van der Waals surface area contributed by atoms with Crippen molar-refractivity contribution in [1.29, 1.82) is 0 Å². The zero-order chi connectivity index (χ0) is 12.5. The fourth-order valence-electron chi connectivity index (χ4n) is 2.04. The summed E-state index contributed by atoms with van der Waals surface area (Å²) in [6, 6.07) is 10.5. The van der Waals surface area contributed by atoms with E-state index in [2.05, 4.69) is 10.3 Å². The van der Waals surface area contributed by atoms with E-state index >= 15 is 0 Å². The van der Waals surface area contributed by atoms with Crippen molar-refractivity contribution in [1.82, 2.24) is 5.06 Å². The Hall–Kier alpha value is -2.40. The second-order valence-corrected chi connectivity index (χ2v) is 4.06. The first kappa shape index (κ1) is 10.7. The topological polar surface area (TPSA) is 69.5 Å². The minimum absolute atomic E-state index is 0.409. The van der Waals surface area contributed by atoms with Crippen molar-refractivity contribution in [2.75, 3.05) is 5.32 Å². The van der Waals surface area contributed by atoms with Gasteiger partial charge in [0.1, 0.15) is 6.17 Å². The minimum atomic E-state index is -0.679. The number of para-hydroxylation sites is 1. The van der Waals surface area contributed by atoms with Crippen molar-refractivity contribution in [3.8, 4) is 0 Å². The van der Waals surface area contributed by atoms with Crippen LogP contribution in [0.4, 0.5) is 5.69 Å². The van der Waals surface area contributed by atoms with Crippen LogP contribution in [0.5, 0.6) is 0 Å². The van der Waals surface area contributed by atoms with Gasteiger partial charge in [0.15, 0.2) is 12.4 Å². The lowest BCUT2D eigenvalue weighted by atomic mass is 10.1. The predicted molar refractivity (Wildman–Crippen MR) is 65.3 cm³/mol. The van der Waals surface area contributed by atoms with Crippen LogP contribution in [-0.4, -0.2) is 11.0 Å². The highest BCUT2D eigenvalue weighted by molar-refractivity contribution is 6.01. The summed E-state index contributed by atoms with van der Waals surface area (Å²) in [6.45, 7) is 0. The van der Waals surface area contributed by atoms with Gasteiger partial charge in [0.2, 0.25) is 5.91 Å². The zero-order valence-corrected chi connectivity index (χ0v) is 9.46. The predicted octanol–water partition coefficient (Wildman–Crippen LogP) is 1.56. The lowest BCUT2D eigenvalue weighted by Crippen LogP contribution is -2.39. The highest BCUT2D eigenvalue weighted by Crippen LogP contribution is 2.31. The molecule has 1 amide bonds. The van der Waals surface area contributed by atoms with Crippen molar-refractivity contribution >= 4 is 11.6 Å². The number of anilines is 1. The van der Waals surface area contributed by atoms with Crippen LogP contribution in [0, 0.1) is 5.21 Å². The van der Waals surface area contributed by atoms with Gasteiger partial charge in [-0.3, -0.25) is 4.79 Å². The lowest BCUT2D eigenvalue weighted by Gasteiger charge is -2.42. The third kappa shape index (κ3) is 1.61. The Morgan fingerprint density at radius 2 is 1.89 bits per heavy atom. The standard InChI is InChI=1S/C13H10N3O2/c17-13-10-3-1-2-4-11(10)15-12(16(13)18)9-5-7-14-8-6-9/h1-8,12,15H/q-1/p+1. The summed E-state index contributed by atoms with van der Waals surface area (Å²) in [7, 11) is 0. The lowest BCUT2D eigenvalue weighted by molar-refractivity contribution is -0.378. The Kier molecular flexibility index (Phi) is 2.46. The van der Waals surface area contributed by atoms with Gasteiger partial charge in [-0.2, -0.15) is 0 Å². The Bertz CT molecular complexity index is 586. The maximum absolute atomic E-state index is 12.0. The SMILES string of the molecule is O=C1c2ccccc2NC(c2cc[nH+]cc2)N1[O-]. The van der Waals surface area contributed by atoms with Crippen molar-refractivity contribution in [2.24, 2.45) is 0 Å². The molecule has 1 aliphatic rings. The Labute approximate surface area is 104 Å². The third-order valence-electron chi connectivity index (χ3n) is 2.94. The molecule has 0 spiro atoms. The number of pyridine rings is 1. The molecule has 1 atom stereocenters. The molecule has 90 valence electrons. The number of carbonyl (C=O) groups excluding carboxylic acids is 1. The van der Waals surface area contributed by atoms with E-state index in [4.69, 9.17) is 0 Å². The van der Waals surface area contributed by atoms with Crippen molar-refractivity contribution in [2.45, 2.75) is 6.17 Å². The van der Waals surface area contributed by atoms with Gasteiger partial charge < -0.3 is 15.6 Å². The average molecular weight is 241 g/mol. The van der Waals surface area contributed by atoms with Crippen LogP contribution in [0.3, 0.4) is 0 Å². The molecule has 0 saturated carbocycles. The molecule has 1 aliphatic heterocycles. The number of hydroxylamine groups is 2. The van der Waals surface area contributed by atoms with Crippen molar-refractivity contribution in [3.63, 3.8) is 0 Å². The van der Waals surface area contributed by atoms with Gasteiger partial charge in [0, 0.05) is 23.4 Å². The molecular formula is C13H11N3O2. The first-order valence-electron chi connectivity index (χ1n) is 5.59. The molecule has 0 bridgehead atoms. The van der Waals surface area contributed by atoms with Gasteiger partial charge in [0.25, 0.3) is 0 Å². The highest BCUT2D eigenvalue weighted by atomic mass is 16.5. The highest BCUT2D eigenvalue weighted by Gasteiger charge is 2.26. The van der Waals surface area contributed by atoms with Crippen LogP contribution < -0.4 is 10.3 Å². The number of aromatic amines is 1. The summed E-state index contributed by atoms with van der Waals surface area (Å²) in [5, 5.41) is 15.5. The smallest absolute Gasteiger partial charge is 0.247 e. The van der Waals surface area contributed by atoms with Gasteiger partial charge in [-0.1, -0.05) is 12.1 Å². The number of aromatic nitrogens is 1. The fourth-order valence-corrected chi connectivity index (χ4v) is 2.04. The molecule has 18 heavy (non-hydrogen) atoms. The number of H-pyrrole nitrogens is 1. The minimum Gasteiger partial charge on any atom is -0.754 e. The van der Waals surface area contributed by atoms with Crippen LogP contribution in [0.15, 0.2) is 48.8 Å². The molecule has 5 heteroatoms. The summed E-state index contributed by atoms with van der Waals surface area (Å²) in [5.74, 6) is -0.512. The number of benzene rings is 1. The Morgan fingerprint density at radius 3 is 2.67 bits per heavy atom. The summed E-state index contributed by atoms with van der Waals surface area (Å²) in [4.78, 5) is 14.8. The largest absolute Gasteiger partial charge is 0.754 e. The van der Waals surface area contributed by atoms with Gasteiger partial charge in [0.05, 0.1) is 5.56 Å². The van der Waals surface area contributed by atoms with E-state index in [0.29, 0.717) is 16.3 Å². The van der Waals surface area contributed by atoms with Crippen LogP contribution >= 0.6 is 0 Å². The molecule has 1 aromatic carbocycles. The number of rotatable bonds is 1. The molecule has 3 rings (SSSR count). The quantitative estimate of drug-likeness (QED) is 0.823. The van der Waals surface area contributed by atoms with Crippen molar-refractivity contribution < 1.29 is 9.78 Å². The molecule has 5 nitrogen and oxygen atoms in total. The van der Waals surface area contributed by atoms with E-state index in [0.717, 1.165) is 5.56 Å². The molecule has 0 saturated heterocycles. The number of amides is 1. The monoisotopic (exact) mass is 241 g/mol. The van der Waals surface area contributed by atoms with E-state index in [-0.39, 0.29) is 0 Å². The number of nitrogens with one attached hydrogen (secondary N) is 2. The molecule has 2 heterocycles. The number of carbonyl (C=O) groups is 1. The number of fused-ring (bicyclic) bond motifs is 1. The number of nitrogens with zero attached hydrogens (tertiary/aromatic N) is 1. The first-order chi connectivity index (χ1) is 8.77. The molecule has 1 aromatic heterocycles. The van der Waals surface area contributed by atoms with E-state index in [1.165, 1.54) is 0 Å².